The molecule has 0 aromatic heterocycles. The van der Waals surface area contributed by atoms with E-state index in [4.69, 9.17) is 9.84 Å². The van der Waals surface area contributed by atoms with E-state index in [1.54, 1.807) is 18.7 Å². The largest absolute Gasteiger partial charge is 0.481 e. The second-order valence-corrected chi connectivity index (χ2v) is 4.72. The summed E-state index contributed by atoms with van der Waals surface area (Å²) in [4.78, 5) is 24.2. The van der Waals surface area contributed by atoms with Gasteiger partial charge in [-0.15, -0.1) is 0 Å². The number of hydrogen-bond donors (Lipinski definition) is 1. The highest BCUT2D eigenvalue weighted by molar-refractivity contribution is 5.84. The third-order valence-corrected chi connectivity index (χ3v) is 3.06. The molecule has 1 amide bonds. The molecule has 1 heterocycles. The van der Waals surface area contributed by atoms with Crippen molar-refractivity contribution in [2.24, 2.45) is 5.92 Å². The van der Waals surface area contributed by atoms with Crippen LogP contribution in [0.1, 0.15) is 26.7 Å². The first-order chi connectivity index (χ1) is 7.36. The average Bonchev–Trinajstić information content (AvgIpc) is 2.64. The van der Waals surface area contributed by atoms with E-state index in [0.717, 1.165) is 6.42 Å². The minimum Gasteiger partial charge on any atom is -0.481 e. The SMILES string of the molecule is COC(C)(C)C(=O)N1CCC(CC(=O)O)C1. The summed E-state index contributed by atoms with van der Waals surface area (Å²) in [6.07, 6.45) is 0.898. The van der Waals surface area contributed by atoms with Crippen LogP contribution in [0.15, 0.2) is 0 Å². The van der Waals surface area contributed by atoms with Crippen molar-refractivity contribution in [3.63, 3.8) is 0 Å². The van der Waals surface area contributed by atoms with Crippen molar-refractivity contribution in [1.82, 2.24) is 4.90 Å². The van der Waals surface area contributed by atoms with E-state index < -0.39 is 11.6 Å². The van der Waals surface area contributed by atoms with Crippen molar-refractivity contribution in [2.75, 3.05) is 20.2 Å². The molecule has 1 N–H and O–H groups in total. The molecule has 16 heavy (non-hydrogen) atoms. The molecule has 1 rings (SSSR count). The smallest absolute Gasteiger partial charge is 0.303 e. The maximum Gasteiger partial charge on any atom is 0.303 e. The number of aliphatic carboxylic acids is 1. The molecule has 0 bridgehead atoms. The summed E-state index contributed by atoms with van der Waals surface area (Å²) in [7, 11) is 1.50. The van der Waals surface area contributed by atoms with Crippen LogP contribution in [-0.4, -0.2) is 47.7 Å². The van der Waals surface area contributed by atoms with Gasteiger partial charge in [0.1, 0.15) is 5.60 Å². The quantitative estimate of drug-likeness (QED) is 0.772. The van der Waals surface area contributed by atoms with Crippen LogP contribution in [0, 0.1) is 5.92 Å². The first kappa shape index (κ1) is 13.0. The Morgan fingerprint density at radius 3 is 2.62 bits per heavy atom. The van der Waals surface area contributed by atoms with Crippen molar-refractivity contribution in [3.8, 4) is 0 Å². The molecule has 0 aliphatic carbocycles. The normalized spacial score (nSPS) is 21.2. The fourth-order valence-corrected chi connectivity index (χ4v) is 1.90. The number of hydrogen-bond acceptors (Lipinski definition) is 3. The van der Waals surface area contributed by atoms with Gasteiger partial charge in [0, 0.05) is 26.6 Å². The summed E-state index contributed by atoms with van der Waals surface area (Å²) in [5.74, 6) is -0.790. The predicted octanol–water partition coefficient (Wildman–Crippen LogP) is 0.735. The fraction of sp³-hybridized carbons (Fsp3) is 0.818. The maximum atomic E-state index is 12.0. The van der Waals surface area contributed by atoms with E-state index in [1.807, 2.05) is 0 Å². The molecule has 92 valence electrons. The molecule has 0 radical (unpaired) electrons. The first-order valence-corrected chi connectivity index (χ1v) is 5.43. The zero-order chi connectivity index (χ0) is 12.3. The number of carboxylic acids is 1. The Kier molecular flexibility index (Phi) is 3.91. The van der Waals surface area contributed by atoms with E-state index in [0.29, 0.717) is 13.1 Å². The van der Waals surface area contributed by atoms with Crippen molar-refractivity contribution < 1.29 is 19.4 Å². The standard InChI is InChI=1S/C11H19NO4/c1-11(2,16-3)10(15)12-5-4-8(7-12)6-9(13)14/h8H,4-7H2,1-3H3,(H,13,14). The molecular formula is C11H19NO4. The topological polar surface area (TPSA) is 66.8 Å². The monoisotopic (exact) mass is 229 g/mol. The Morgan fingerprint density at radius 1 is 1.50 bits per heavy atom. The van der Waals surface area contributed by atoms with Gasteiger partial charge in [0.05, 0.1) is 0 Å². The van der Waals surface area contributed by atoms with E-state index in [9.17, 15) is 9.59 Å². The summed E-state index contributed by atoms with van der Waals surface area (Å²) in [5, 5.41) is 8.68. The fourth-order valence-electron chi connectivity index (χ4n) is 1.90. The molecule has 1 saturated heterocycles. The maximum absolute atomic E-state index is 12.0. The highest BCUT2D eigenvalue weighted by atomic mass is 16.5. The van der Waals surface area contributed by atoms with Crippen LogP contribution < -0.4 is 0 Å². The number of nitrogens with zero attached hydrogens (tertiary/aromatic N) is 1. The number of ether oxygens (including phenoxy) is 1. The van der Waals surface area contributed by atoms with Gasteiger partial charge < -0.3 is 14.7 Å². The van der Waals surface area contributed by atoms with Gasteiger partial charge in [0.2, 0.25) is 0 Å². The molecule has 5 heteroatoms. The number of likely N-dealkylation sites (tertiary alicyclic amines) is 1. The number of carbonyl (C=O) groups is 2. The second-order valence-electron chi connectivity index (χ2n) is 4.72. The van der Waals surface area contributed by atoms with E-state index in [-0.39, 0.29) is 18.2 Å². The van der Waals surface area contributed by atoms with Crippen LogP contribution in [0.5, 0.6) is 0 Å². The number of carbonyl (C=O) groups excluding carboxylic acids is 1. The summed E-state index contributed by atoms with van der Waals surface area (Å²) >= 11 is 0. The highest BCUT2D eigenvalue weighted by Gasteiger charge is 2.36. The van der Waals surface area contributed by atoms with Crippen LogP contribution in [-0.2, 0) is 14.3 Å². The molecule has 0 saturated carbocycles. The third kappa shape index (κ3) is 2.95. The summed E-state index contributed by atoms with van der Waals surface area (Å²) in [5.41, 5.74) is -0.821. The first-order valence-electron chi connectivity index (χ1n) is 5.43. The molecule has 1 atom stereocenters. The molecule has 1 aliphatic rings. The van der Waals surface area contributed by atoms with Gasteiger partial charge in [-0.05, 0) is 26.2 Å². The second kappa shape index (κ2) is 4.82. The van der Waals surface area contributed by atoms with Gasteiger partial charge in [0.25, 0.3) is 5.91 Å². The lowest BCUT2D eigenvalue weighted by Gasteiger charge is -2.27. The number of amides is 1. The minimum atomic E-state index is -0.821. The molecular weight excluding hydrogens is 210 g/mol. The molecule has 0 aromatic rings. The minimum absolute atomic E-state index is 0.0668. The van der Waals surface area contributed by atoms with Gasteiger partial charge in [-0.2, -0.15) is 0 Å². The van der Waals surface area contributed by atoms with Crippen LogP contribution >= 0.6 is 0 Å². The van der Waals surface area contributed by atoms with Crippen LogP contribution in [0.3, 0.4) is 0 Å². The average molecular weight is 229 g/mol. The van der Waals surface area contributed by atoms with Crippen molar-refractivity contribution >= 4 is 11.9 Å². The highest BCUT2D eigenvalue weighted by Crippen LogP contribution is 2.23. The van der Waals surface area contributed by atoms with Gasteiger partial charge in [0.15, 0.2) is 0 Å². The Labute approximate surface area is 95.4 Å². The Hall–Kier alpha value is -1.10. The van der Waals surface area contributed by atoms with E-state index in [2.05, 4.69) is 0 Å². The molecule has 1 unspecified atom stereocenters. The molecule has 1 fully saturated rings. The zero-order valence-corrected chi connectivity index (χ0v) is 10.0. The van der Waals surface area contributed by atoms with Gasteiger partial charge in [-0.25, -0.2) is 0 Å². The van der Waals surface area contributed by atoms with Crippen LogP contribution in [0.2, 0.25) is 0 Å². The number of carboxylic acid groups (broad SMARTS) is 1. The van der Waals surface area contributed by atoms with Crippen LogP contribution in [0.25, 0.3) is 0 Å². The Morgan fingerprint density at radius 2 is 2.12 bits per heavy atom. The molecule has 5 nitrogen and oxygen atoms in total. The summed E-state index contributed by atoms with van der Waals surface area (Å²) in [6, 6.07) is 0. The lowest BCUT2D eigenvalue weighted by Crippen LogP contribution is -2.45. The Balaban J connectivity index is 2.53. The van der Waals surface area contributed by atoms with Crippen LogP contribution in [0.4, 0.5) is 0 Å². The van der Waals surface area contributed by atoms with Crippen molar-refractivity contribution in [2.45, 2.75) is 32.3 Å². The Bertz CT molecular complexity index is 288. The van der Waals surface area contributed by atoms with Crippen molar-refractivity contribution in [3.05, 3.63) is 0 Å². The molecule has 0 aromatic carbocycles. The predicted molar refractivity (Wildman–Crippen MR) is 58.0 cm³/mol. The summed E-state index contributed by atoms with van der Waals surface area (Å²) < 4.78 is 5.12. The number of methoxy groups -OCH3 is 1. The van der Waals surface area contributed by atoms with Gasteiger partial charge >= 0.3 is 5.97 Å². The zero-order valence-electron chi connectivity index (χ0n) is 10.0. The third-order valence-electron chi connectivity index (χ3n) is 3.06. The van der Waals surface area contributed by atoms with E-state index in [1.165, 1.54) is 7.11 Å². The van der Waals surface area contributed by atoms with Gasteiger partial charge in [-0.1, -0.05) is 0 Å². The lowest BCUT2D eigenvalue weighted by molar-refractivity contribution is -0.150. The number of rotatable bonds is 4. The van der Waals surface area contributed by atoms with Gasteiger partial charge in [-0.3, -0.25) is 9.59 Å². The van der Waals surface area contributed by atoms with E-state index >= 15 is 0 Å². The molecule has 0 spiro atoms. The van der Waals surface area contributed by atoms with Crippen molar-refractivity contribution in [1.29, 1.82) is 0 Å². The lowest BCUT2D eigenvalue weighted by atomic mass is 10.1. The summed E-state index contributed by atoms with van der Waals surface area (Å²) in [6.45, 7) is 4.60. The molecule has 1 aliphatic heterocycles.